The number of hydrogen-bond acceptors (Lipinski definition) is 4. The fourth-order valence-corrected chi connectivity index (χ4v) is 2.44. The zero-order valence-electron chi connectivity index (χ0n) is 18.6. The monoisotopic (exact) mass is 380 g/mol. The quantitative estimate of drug-likeness (QED) is 0.632. The van der Waals surface area contributed by atoms with Crippen molar-refractivity contribution in [2.75, 3.05) is 20.3 Å². The first kappa shape index (κ1) is 25.5. The van der Waals surface area contributed by atoms with E-state index in [0.29, 0.717) is 18.9 Å². The van der Waals surface area contributed by atoms with Crippen LogP contribution in [0, 0.1) is 5.92 Å². The van der Waals surface area contributed by atoms with Gasteiger partial charge in [0.2, 0.25) is 0 Å². The number of nitrogens with one attached hydrogen (secondary N) is 1. The molecular weight excluding hydrogens is 340 g/mol. The van der Waals surface area contributed by atoms with Crippen LogP contribution in [-0.2, 0) is 14.3 Å². The van der Waals surface area contributed by atoms with Crippen LogP contribution in [-0.4, -0.2) is 42.5 Å². The molecule has 0 saturated heterocycles. The number of carbonyl (C=O) groups excluding carboxylic acids is 2. The van der Waals surface area contributed by atoms with Crippen LogP contribution in [0.5, 0.6) is 0 Å². The normalized spacial score (nSPS) is 15.4. The molecular formula is C22H40N2O3. The highest BCUT2D eigenvalue weighted by molar-refractivity contribution is 5.93. The average molecular weight is 381 g/mol. The number of ether oxygens (including phenoxy) is 1. The second-order valence-corrected chi connectivity index (χ2v) is 7.44. The highest BCUT2D eigenvalue weighted by Crippen LogP contribution is 2.36. The number of carbonyl (C=O) groups is 2. The average Bonchev–Trinajstić information content (AvgIpc) is 3.43. The van der Waals surface area contributed by atoms with E-state index in [0.717, 1.165) is 31.5 Å². The molecule has 156 valence electrons. The SMILES string of the molecule is CC.CCC(=O)C(C)C.CNCOC(C)(C)CCN1C(=O)C=CC1=C1CC1. The third kappa shape index (κ3) is 9.87. The van der Waals surface area contributed by atoms with E-state index in [1.54, 1.807) is 6.08 Å². The third-order valence-corrected chi connectivity index (χ3v) is 4.34. The molecule has 2 rings (SSSR count). The van der Waals surface area contributed by atoms with Crippen molar-refractivity contribution >= 4 is 11.7 Å². The second-order valence-electron chi connectivity index (χ2n) is 7.44. The molecule has 1 saturated carbocycles. The number of hydrogen-bond donors (Lipinski definition) is 1. The predicted molar refractivity (Wildman–Crippen MR) is 112 cm³/mol. The molecule has 0 atom stereocenters. The summed E-state index contributed by atoms with van der Waals surface area (Å²) in [5.41, 5.74) is 2.32. The van der Waals surface area contributed by atoms with Gasteiger partial charge in [0.25, 0.3) is 5.91 Å². The minimum absolute atomic E-state index is 0.105. The van der Waals surface area contributed by atoms with Crippen LogP contribution in [0.2, 0.25) is 0 Å². The number of rotatable bonds is 8. The van der Waals surface area contributed by atoms with Gasteiger partial charge < -0.3 is 9.64 Å². The van der Waals surface area contributed by atoms with Crippen molar-refractivity contribution in [3.05, 3.63) is 23.4 Å². The van der Waals surface area contributed by atoms with E-state index in [2.05, 4.69) is 19.2 Å². The van der Waals surface area contributed by atoms with Crippen LogP contribution >= 0.6 is 0 Å². The van der Waals surface area contributed by atoms with Crippen molar-refractivity contribution in [3.63, 3.8) is 0 Å². The molecule has 0 aromatic heterocycles. The molecule has 1 N–H and O–H groups in total. The van der Waals surface area contributed by atoms with E-state index in [-0.39, 0.29) is 17.4 Å². The van der Waals surface area contributed by atoms with Crippen molar-refractivity contribution in [2.45, 2.75) is 79.8 Å². The molecule has 1 fully saturated rings. The fourth-order valence-electron chi connectivity index (χ4n) is 2.44. The van der Waals surface area contributed by atoms with Gasteiger partial charge in [0.1, 0.15) is 5.78 Å². The molecule has 0 spiro atoms. The Kier molecular flexibility index (Phi) is 12.1. The molecule has 1 aliphatic heterocycles. The Hall–Kier alpha value is -1.46. The Morgan fingerprint density at radius 1 is 1.26 bits per heavy atom. The van der Waals surface area contributed by atoms with Crippen LogP contribution < -0.4 is 5.32 Å². The molecule has 0 unspecified atom stereocenters. The van der Waals surface area contributed by atoms with Gasteiger partial charge in [-0.2, -0.15) is 0 Å². The molecule has 5 nitrogen and oxygen atoms in total. The Labute approximate surface area is 166 Å². The summed E-state index contributed by atoms with van der Waals surface area (Å²) in [6, 6.07) is 0. The maximum atomic E-state index is 11.8. The lowest BCUT2D eigenvalue weighted by Gasteiger charge is -2.28. The summed E-state index contributed by atoms with van der Waals surface area (Å²) >= 11 is 0. The molecule has 1 aliphatic carbocycles. The maximum Gasteiger partial charge on any atom is 0.251 e. The minimum Gasteiger partial charge on any atom is -0.360 e. The highest BCUT2D eigenvalue weighted by Gasteiger charge is 2.29. The van der Waals surface area contributed by atoms with Crippen LogP contribution in [0.25, 0.3) is 0 Å². The van der Waals surface area contributed by atoms with Crippen LogP contribution in [0.1, 0.15) is 74.1 Å². The lowest BCUT2D eigenvalue weighted by Crippen LogP contribution is -2.35. The predicted octanol–water partition coefficient (Wildman–Crippen LogP) is 4.44. The Morgan fingerprint density at radius 2 is 1.85 bits per heavy atom. The zero-order chi connectivity index (χ0) is 21.0. The lowest BCUT2D eigenvalue weighted by molar-refractivity contribution is -0.124. The number of allylic oxidation sites excluding steroid dienone is 2. The maximum absolute atomic E-state index is 11.8. The number of ketones is 1. The van der Waals surface area contributed by atoms with Gasteiger partial charge in [-0.05, 0) is 51.8 Å². The summed E-state index contributed by atoms with van der Waals surface area (Å²) in [6.45, 7) is 15.1. The third-order valence-electron chi connectivity index (χ3n) is 4.34. The van der Waals surface area contributed by atoms with Crippen LogP contribution in [0.3, 0.4) is 0 Å². The van der Waals surface area contributed by atoms with Gasteiger partial charge in [-0.1, -0.05) is 34.6 Å². The molecule has 0 bridgehead atoms. The first-order valence-corrected chi connectivity index (χ1v) is 10.2. The van der Waals surface area contributed by atoms with Crippen LogP contribution in [0.4, 0.5) is 0 Å². The van der Waals surface area contributed by atoms with E-state index < -0.39 is 0 Å². The van der Waals surface area contributed by atoms with E-state index in [1.807, 2.05) is 52.6 Å². The van der Waals surface area contributed by atoms with Crippen molar-refractivity contribution in [1.82, 2.24) is 10.2 Å². The fraction of sp³-hybridized carbons (Fsp3) is 0.727. The summed E-state index contributed by atoms with van der Waals surface area (Å²) in [5, 5.41) is 2.97. The van der Waals surface area contributed by atoms with Gasteiger partial charge in [0.05, 0.1) is 12.3 Å². The lowest BCUT2D eigenvalue weighted by atomic mass is 10.0. The molecule has 1 amide bonds. The standard InChI is InChI=1S/C14H22N2O2.C6H12O.C2H6/c1-14(2,18-10-15-3)8-9-16-12(11-4-5-11)6-7-13(16)17;1-4-6(7)5(2)3;1-2/h6-7,15H,4-5,8-10H2,1-3H3;5H,4H2,1-3H3;1-2H3. The summed E-state index contributed by atoms with van der Waals surface area (Å²) in [4.78, 5) is 24.2. The smallest absolute Gasteiger partial charge is 0.251 e. The van der Waals surface area contributed by atoms with Gasteiger partial charge in [-0.25, -0.2) is 0 Å². The first-order chi connectivity index (χ1) is 12.7. The van der Waals surface area contributed by atoms with Crippen molar-refractivity contribution < 1.29 is 14.3 Å². The molecule has 2 aliphatic rings. The van der Waals surface area contributed by atoms with Crippen molar-refractivity contribution in [1.29, 1.82) is 0 Å². The molecule has 0 radical (unpaired) electrons. The van der Waals surface area contributed by atoms with Gasteiger partial charge >= 0.3 is 0 Å². The molecule has 0 aromatic rings. The Bertz CT molecular complexity index is 528. The Balaban J connectivity index is 0.000000637. The van der Waals surface area contributed by atoms with Gasteiger partial charge in [0.15, 0.2) is 0 Å². The highest BCUT2D eigenvalue weighted by atomic mass is 16.5. The van der Waals surface area contributed by atoms with Gasteiger partial charge in [-0.15, -0.1) is 0 Å². The van der Waals surface area contributed by atoms with E-state index in [9.17, 15) is 9.59 Å². The van der Waals surface area contributed by atoms with E-state index in [1.165, 1.54) is 5.57 Å². The molecule has 27 heavy (non-hydrogen) atoms. The molecule has 1 heterocycles. The van der Waals surface area contributed by atoms with Crippen molar-refractivity contribution in [2.24, 2.45) is 5.92 Å². The zero-order valence-corrected chi connectivity index (χ0v) is 18.6. The summed E-state index contributed by atoms with van der Waals surface area (Å²) < 4.78 is 5.70. The van der Waals surface area contributed by atoms with Crippen molar-refractivity contribution in [3.8, 4) is 0 Å². The van der Waals surface area contributed by atoms with Gasteiger partial charge in [0, 0.05) is 30.7 Å². The molecule has 5 heteroatoms. The summed E-state index contributed by atoms with van der Waals surface area (Å²) in [7, 11) is 1.86. The number of amides is 1. The summed E-state index contributed by atoms with van der Waals surface area (Å²) in [5.74, 6) is 0.679. The van der Waals surface area contributed by atoms with E-state index >= 15 is 0 Å². The van der Waals surface area contributed by atoms with Gasteiger partial charge in [-0.3, -0.25) is 14.9 Å². The van der Waals surface area contributed by atoms with E-state index in [4.69, 9.17) is 4.74 Å². The second kappa shape index (κ2) is 12.8. The number of Topliss-reactive ketones (excluding diaryl/α,β-unsaturated/α-hetero) is 1. The Morgan fingerprint density at radius 3 is 2.26 bits per heavy atom. The number of nitrogens with zero attached hydrogens (tertiary/aromatic N) is 1. The molecule has 0 aromatic carbocycles. The summed E-state index contributed by atoms with van der Waals surface area (Å²) in [6.07, 6.45) is 7.41. The minimum atomic E-state index is -0.217. The first-order valence-electron chi connectivity index (χ1n) is 10.2. The largest absolute Gasteiger partial charge is 0.360 e. The topological polar surface area (TPSA) is 58.6 Å². The van der Waals surface area contributed by atoms with Crippen LogP contribution in [0.15, 0.2) is 23.4 Å².